The molecule has 3 aliphatic heterocycles. The Labute approximate surface area is 467 Å². The molecule has 8 rings (SSSR count). The average molecular weight is 1140 g/mol. The lowest BCUT2D eigenvalue weighted by atomic mass is 9.32. The predicted molar refractivity (Wildman–Crippen MR) is 277 cm³/mol. The quantitative estimate of drug-likeness (QED) is 0.0455. The van der Waals surface area contributed by atoms with Gasteiger partial charge in [0.05, 0.1) is 42.9 Å². The minimum Gasteiger partial charge on any atom is -0.479 e. The lowest BCUT2D eigenvalue weighted by Crippen LogP contribution is -2.76. The zero-order valence-electron chi connectivity index (χ0n) is 47.9. The van der Waals surface area contributed by atoms with Crippen LogP contribution in [0.1, 0.15) is 121 Å². The van der Waals surface area contributed by atoms with Gasteiger partial charge in [0, 0.05) is 16.4 Å². The van der Waals surface area contributed by atoms with Crippen molar-refractivity contribution in [3.63, 3.8) is 0 Å². The van der Waals surface area contributed by atoms with E-state index in [-0.39, 0.29) is 11.8 Å². The molecule has 0 aromatic carbocycles. The number of allylic oxidation sites excluding steroid dienone is 2. The molecule has 27 atom stereocenters. The van der Waals surface area contributed by atoms with Crippen LogP contribution in [0.15, 0.2) is 23.3 Å². The molecule has 3 heterocycles. The van der Waals surface area contributed by atoms with E-state index in [9.17, 15) is 75.7 Å². The van der Waals surface area contributed by atoms with Crippen LogP contribution in [-0.4, -0.2) is 216 Å². The highest BCUT2D eigenvalue weighted by Gasteiger charge is 2.76. The molecular weight excluding hydrogens is 1050 g/mol. The maximum absolute atomic E-state index is 13.5. The number of ether oxygens (including phenoxy) is 8. The second-order valence-electron chi connectivity index (χ2n) is 26.4. The Bertz CT molecular complexity index is 2330. The van der Waals surface area contributed by atoms with Crippen LogP contribution in [0.5, 0.6) is 0 Å². The molecule has 0 aromatic heterocycles. The van der Waals surface area contributed by atoms with Crippen LogP contribution in [0.2, 0.25) is 0 Å². The van der Waals surface area contributed by atoms with Gasteiger partial charge in [0.25, 0.3) is 0 Å². The minimum absolute atomic E-state index is 0.146. The van der Waals surface area contributed by atoms with E-state index >= 15 is 0 Å². The summed E-state index contributed by atoms with van der Waals surface area (Å²) in [6.07, 6.45) is -25.1. The lowest BCUT2D eigenvalue weighted by Gasteiger charge is -2.73. The SMILES string of the molecule is C/C=C(/C)C(=O)O[C@H]1[C@H](O)[C@]2(COC(=O)[C@@H](C)CC)[C@H](O)[C@H](O)[C@]3(C)C(=CC[C@@H]4[C@@]5(C)CC[C@H](O[C@@H]6O[C@H](C(=O)O)[C@@H](O)[C@H](O[C@@H]7O[C@@H](CO)[C@@H](O)[C@H]7O)[C@H]6O[C@@H]6O[C@H](CO)[C@H](O)[C@H](O)[C@H]6O)C(C)(C)[C@@H]5CC[C@]43C)[C@@H]2CC1(C)C. The van der Waals surface area contributed by atoms with Gasteiger partial charge in [0.15, 0.2) is 25.0 Å². The highest BCUT2D eigenvalue weighted by molar-refractivity contribution is 5.87. The molecule has 23 heteroatoms. The summed E-state index contributed by atoms with van der Waals surface area (Å²) in [5, 5.41) is 135. The van der Waals surface area contributed by atoms with E-state index in [1.54, 1.807) is 26.8 Å². The Morgan fingerprint density at radius 3 is 1.89 bits per heavy atom. The van der Waals surface area contributed by atoms with Gasteiger partial charge < -0.3 is 99.2 Å². The van der Waals surface area contributed by atoms with Crippen LogP contribution < -0.4 is 0 Å². The number of rotatable bonds is 15. The van der Waals surface area contributed by atoms with E-state index in [4.69, 9.17) is 37.9 Å². The number of aliphatic hydroxyl groups is 11. The molecule has 23 nitrogen and oxygen atoms in total. The van der Waals surface area contributed by atoms with Crippen LogP contribution in [0.3, 0.4) is 0 Å². The first-order chi connectivity index (χ1) is 37.3. The van der Waals surface area contributed by atoms with Crippen LogP contribution in [0.25, 0.3) is 0 Å². The fraction of sp³-hybridized carbons (Fsp3) is 0.877. The molecule has 5 aliphatic carbocycles. The van der Waals surface area contributed by atoms with E-state index in [0.717, 1.165) is 5.57 Å². The number of carbonyl (C=O) groups is 3. The molecule has 0 radical (unpaired) electrons. The first-order valence-electron chi connectivity index (χ1n) is 28.5. The monoisotopic (exact) mass is 1140 g/mol. The van der Waals surface area contributed by atoms with Gasteiger partial charge >= 0.3 is 17.9 Å². The molecule has 0 bridgehead atoms. The third kappa shape index (κ3) is 9.93. The topological polar surface area (TPSA) is 368 Å². The van der Waals surface area contributed by atoms with Gasteiger partial charge in [-0.2, -0.15) is 0 Å². The molecule has 0 aromatic rings. The summed E-state index contributed by atoms with van der Waals surface area (Å²) in [6, 6.07) is 0. The number of hydrogen-bond donors (Lipinski definition) is 12. The summed E-state index contributed by atoms with van der Waals surface area (Å²) in [5.74, 6) is -4.27. The Morgan fingerprint density at radius 2 is 1.31 bits per heavy atom. The van der Waals surface area contributed by atoms with Crippen molar-refractivity contribution in [2.24, 2.45) is 56.2 Å². The average Bonchev–Trinajstić information content (AvgIpc) is 1.93. The van der Waals surface area contributed by atoms with Gasteiger partial charge in [0.1, 0.15) is 79.9 Å². The Kier molecular flexibility index (Phi) is 18.1. The first-order valence-corrected chi connectivity index (χ1v) is 28.5. The van der Waals surface area contributed by atoms with E-state index in [1.807, 2.05) is 41.5 Å². The minimum atomic E-state index is -2.12. The molecule has 80 heavy (non-hydrogen) atoms. The second kappa shape index (κ2) is 22.9. The standard InChI is InChI=1S/C57H90O23/c1-12-24(3)47(71)73-23-57-27(20-52(5,6)45(44(57)68)80-48(72)25(4)13-2)26-14-15-31-54(9)18-17-32(53(7,8)30(54)16-19-55(31,10)56(26,11)42(66)43(57)67)76-51-41(79-50-37(64)35(62)33(60)28(21-58)74-50)39(38(65)40(78-51)46(69)70)77-49-36(63)34(61)29(22-59)75-49/h13-14,24,27-45,49-51,58-68H,12,15-23H2,1-11H3,(H,69,70)/b25-13-/t24-,27-,28+,29-,30-,31+,32-,33-,34+,35-,36+,37+,38-,39-,40-,41+,42-,43+,44-,45-,49-,50-,51+,54-,55+,56-,57-/m0/s1. The Balaban J connectivity index is 1.13. The third-order valence-electron chi connectivity index (χ3n) is 21.6. The van der Waals surface area contributed by atoms with Crippen LogP contribution in [0, 0.1) is 56.2 Å². The van der Waals surface area contributed by atoms with E-state index in [1.165, 1.54) is 0 Å². The molecule has 0 unspecified atom stereocenters. The van der Waals surface area contributed by atoms with Gasteiger partial charge in [-0.3, -0.25) is 4.79 Å². The first kappa shape index (κ1) is 63.2. The fourth-order valence-electron chi connectivity index (χ4n) is 16.3. The maximum Gasteiger partial charge on any atom is 0.335 e. The van der Waals surface area contributed by atoms with E-state index < -0.39 is 199 Å². The lowest BCUT2D eigenvalue weighted by molar-refractivity contribution is -0.386. The summed E-state index contributed by atoms with van der Waals surface area (Å²) >= 11 is 0. The summed E-state index contributed by atoms with van der Waals surface area (Å²) in [4.78, 5) is 39.8. The van der Waals surface area contributed by atoms with Crippen molar-refractivity contribution in [1.82, 2.24) is 0 Å². The van der Waals surface area contributed by atoms with Gasteiger partial charge in [0.2, 0.25) is 0 Å². The molecule has 4 saturated carbocycles. The molecule has 0 amide bonds. The summed E-state index contributed by atoms with van der Waals surface area (Å²) in [6.45, 7) is 19.0. The summed E-state index contributed by atoms with van der Waals surface area (Å²) in [7, 11) is 0. The number of fused-ring (bicyclic) bond motifs is 7. The zero-order chi connectivity index (χ0) is 59.3. The van der Waals surface area contributed by atoms with Gasteiger partial charge in [-0.25, -0.2) is 9.59 Å². The van der Waals surface area contributed by atoms with Crippen molar-refractivity contribution >= 4 is 17.9 Å². The smallest absolute Gasteiger partial charge is 0.335 e. The largest absolute Gasteiger partial charge is 0.479 e. The molecule has 12 N–H and O–H groups in total. The fourth-order valence-corrected chi connectivity index (χ4v) is 16.3. The molecule has 0 spiro atoms. The maximum atomic E-state index is 13.5. The van der Waals surface area contributed by atoms with Gasteiger partial charge in [-0.1, -0.05) is 80.0 Å². The van der Waals surface area contributed by atoms with E-state index in [0.29, 0.717) is 50.5 Å². The highest BCUT2D eigenvalue weighted by Crippen LogP contribution is 2.76. The molecular formula is C57H90O23. The number of carbonyl (C=O) groups excluding carboxylic acids is 2. The van der Waals surface area contributed by atoms with E-state index in [2.05, 4.69) is 19.9 Å². The Morgan fingerprint density at radius 1 is 0.725 bits per heavy atom. The molecule has 456 valence electrons. The number of esters is 2. The van der Waals surface area contributed by atoms with Crippen molar-refractivity contribution in [3.8, 4) is 0 Å². The summed E-state index contributed by atoms with van der Waals surface area (Å²) in [5.41, 5.74) is -4.55. The Hall–Kier alpha value is -2.79. The zero-order valence-corrected chi connectivity index (χ0v) is 47.9. The van der Waals surface area contributed by atoms with Crippen molar-refractivity contribution in [1.29, 1.82) is 0 Å². The molecule has 8 aliphatic rings. The molecule has 7 fully saturated rings. The number of carboxylic acids is 1. The number of aliphatic hydroxyl groups excluding tert-OH is 11. The van der Waals surface area contributed by atoms with Crippen LogP contribution in [-0.2, 0) is 52.3 Å². The summed E-state index contributed by atoms with van der Waals surface area (Å²) < 4.78 is 48.6. The second-order valence-corrected chi connectivity index (χ2v) is 26.4. The van der Waals surface area contributed by atoms with Gasteiger partial charge in [-0.05, 0) is 92.8 Å². The number of aliphatic carboxylic acids is 1. The number of hydrogen-bond acceptors (Lipinski definition) is 22. The van der Waals surface area contributed by atoms with Crippen molar-refractivity contribution in [2.75, 3.05) is 19.8 Å². The highest BCUT2D eigenvalue weighted by atomic mass is 16.8. The van der Waals surface area contributed by atoms with Crippen molar-refractivity contribution in [2.45, 2.75) is 238 Å². The number of carboxylic acid groups (broad SMARTS) is 1. The predicted octanol–water partition coefficient (Wildman–Crippen LogP) is 0.343. The normalized spacial score (nSPS) is 49.2. The van der Waals surface area contributed by atoms with Crippen molar-refractivity contribution < 1.29 is 114 Å². The van der Waals surface area contributed by atoms with Crippen LogP contribution >= 0.6 is 0 Å². The van der Waals surface area contributed by atoms with Crippen molar-refractivity contribution in [3.05, 3.63) is 23.3 Å². The third-order valence-corrected chi connectivity index (χ3v) is 21.6. The molecule has 3 saturated heterocycles. The van der Waals surface area contributed by atoms with Gasteiger partial charge in [-0.15, -0.1) is 0 Å². The van der Waals surface area contributed by atoms with Crippen LogP contribution in [0.4, 0.5) is 0 Å².